The highest BCUT2D eigenvalue weighted by Crippen LogP contribution is 2.46. The van der Waals surface area contributed by atoms with Gasteiger partial charge in [-0.1, -0.05) is 48.4 Å². The van der Waals surface area contributed by atoms with Crippen LogP contribution in [0.1, 0.15) is 60.4 Å². The van der Waals surface area contributed by atoms with Crippen LogP contribution in [0.15, 0.2) is 24.3 Å². The van der Waals surface area contributed by atoms with Gasteiger partial charge in [-0.25, -0.2) is 4.68 Å². The number of hydrogen-bond acceptors (Lipinski definition) is 3. The van der Waals surface area contributed by atoms with E-state index in [9.17, 15) is 18.0 Å². The van der Waals surface area contributed by atoms with E-state index >= 15 is 0 Å². The van der Waals surface area contributed by atoms with E-state index in [0.29, 0.717) is 12.0 Å². The number of nitrogens with zero attached hydrogens (tertiary/aromatic N) is 2. The van der Waals surface area contributed by atoms with Gasteiger partial charge in [-0.3, -0.25) is 4.79 Å². The number of anilines is 1. The van der Waals surface area contributed by atoms with Crippen molar-refractivity contribution >= 4 is 23.3 Å². The van der Waals surface area contributed by atoms with E-state index in [0.717, 1.165) is 10.2 Å². The Balaban J connectivity index is 2.00. The van der Waals surface area contributed by atoms with Crippen LogP contribution in [0.25, 0.3) is 0 Å². The lowest BCUT2D eigenvalue weighted by Crippen LogP contribution is -2.36. The first kappa shape index (κ1) is 20.5. The minimum absolute atomic E-state index is 0.00937. The molecule has 2 heterocycles. The summed E-state index contributed by atoms with van der Waals surface area (Å²) >= 11 is 6.28. The van der Waals surface area contributed by atoms with Crippen LogP contribution < -0.4 is 10.6 Å². The van der Waals surface area contributed by atoms with Gasteiger partial charge in [-0.2, -0.15) is 18.3 Å². The molecule has 1 aliphatic rings. The second kappa shape index (κ2) is 7.66. The zero-order chi connectivity index (χ0) is 20.6. The number of halogens is 4. The fourth-order valence-electron chi connectivity index (χ4n) is 3.15. The molecule has 3 rings (SSSR count). The summed E-state index contributed by atoms with van der Waals surface area (Å²) in [5, 5.41) is 9.54. The Kier molecular flexibility index (Phi) is 5.61. The SMILES string of the molecule is CC[C@@H](C)NC(=O)c1nn2c(c1Cl)N[C@@H](c1ccc(C)cc1)C[C@@H]2C(F)(F)F. The van der Waals surface area contributed by atoms with Gasteiger partial charge in [0.25, 0.3) is 5.91 Å². The maximum Gasteiger partial charge on any atom is 0.410 e. The van der Waals surface area contributed by atoms with Crippen LogP contribution >= 0.6 is 11.6 Å². The zero-order valence-corrected chi connectivity index (χ0v) is 16.5. The molecule has 0 bridgehead atoms. The molecule has 9 heteroatoms. The minimum atomic E-state index is -4.53. The van der Waals surface area contributed by atoms with Crippen LogP contribution in [0.3, 0.4) is 0 Å². The first-order valence-corrected chi connectivity index (χ1v) is 9.48. The van der Waals surface area contributed by atoms with E-state index in [4.69, 9.17) is 11.6 Å². The summed E-state index contributed by atoms with van der Waals surface area (Å²) in [6, 6.07) is 4.65. The molecule has 28 heavy (non-hydrogen) atoms. The van der Waals surface area contributed by atoms with Crippen molar-refractivity contribution in [3.63, 3.8) is 0 Å². The first-order chi connectivity index (χ1) is 13.1. The normalized spacial score (nSPS) is 20.2. The summed E-state index contributed by atoms with van der Waals surface area (Å²) in [6.07, 6.45) is -4.10. The molecule has 3 atom stereocenters. The van der Waals surface area contributed by atoms with Crippen molar-refractivity contribution in [1.29, 1.82) is 0 Å². The van der Waals surface area contributed by atoms with Gasteiger partial charge in [0.1, 0.15) is 10.8 Å². The highest BCUT2D eigenvalue weighted by molar-refractivity contribution is 6.36. The van der Waals surface area contributed by atoms with Gasteiger partial charge in [-0.05, 0) is 25.8 Å². The van der Waals surface area contributed by atoms with Crippen LogP contribution in [0.5, 0.6) is 0 Å². The van der Waals surface area contributed by atoms with Crippen molar-refractivity contribution in [2.24, 2.45) is 0 Å². The van der Waals surface area contributed by atoms with Crippen molar-refractivity contribution < 1.29 is 18.0 Å². The molecule has 152 valence electrons. The Morgan fingerprint density at radius 1 is 1.39 bits per heavy atom. The summed E-state index contributed by atoms with van der Waals surface area (Å²) in [5.74, 6) is -0.578. The Morgan fingerprint density at radius 3 is 2.61 bits per heavy atom. The molecule has 1 amide bonds. The number of carbonyl (C=O) groups excluding carboxylic acids is 1. The number of nitrogens with one attached hydrogen (secondary N) is 2. The van der Waals surface area contributed by atoms with Crippen LogP contribution in [0.2, 0.25) is 5.02 Å². The fraction of sp³-hybridized carbons (Fsp3) is 0.474. The van der Waals surface area contributed by atoms with Gasteiger partial charge in [0.2, 0.25) is 0 Å². The summed E-state index contributed by atoms with van der Waals surface area (Å²) in [4.78, 5) is 12.4. The summed E-state index contributed by atoms with van der Waals surface area (Å²) < 4.78 is 42.0. The van der Waals surface area contributed by atoms with E-state index in [1.54, 1.807) is 19.1 Å². The molecule has 0 saturated heterocycles. The average molecular weight is 415 g/mol. The van der Waals surface area contributed by atoms with E-state index < -0.39 is 24.2 Å². The number of fused-ring (bicyclic) bond motifs is 1. The summed E-state index contributed by atoms with van der Waals surface area (Å²) in [7, 11) is 0. The number of carbonyl (C=O) groups is 1. The molecular formula is C19H22ClF3N4O. The van der Waals surface area contributed by atoms with Gasteiger partial charge >= 0.3 is 6.18 Å². The number of hydrogen-bond donors (Lipinski definition) is 2. The minimum Gasteiger partial charge on any atom is -0.362 e. The highest BCUT2D eigenvalue weighted by atomic mass is 35.5. The second-order valence-electron chi connectivity index (χ2n) is 7.14. The molecule has 0 aliphatic carbocycles. The number of aromatic nitrogens is 2. The molecule has 1 aliphatic heterocycles. The first-order valence-electron chi connectivity index (χ1n) is 9.10. The van der Waals surface area contributed by atoms with Crippen LogP contribution in [-0.2, 0) is 0 Å². The van der Waals surface area contributed by atoms with E-state index in [2.05, 4.69) is 15.7 Å². The molecule has 0 unspecified atom stereocenters. The van der Waals surface area contributed by atoms with E-state index in [1.165, 1.54) is 0 Å². The highest BCUT2D eigenvalue weighted by Gasteiger charge is 2.47. The molecule has 0 radical (unpaired) electrons. The van der Waals surface area contributed by atoms with E-state index in [1.807, 2.05) is 26.0 Å². The van der Waals surface area contributed by atoms with E-state index in [-0.39, 0.29) is 29.0 Å². The van der Waals surface area contributed by atoms with Gasteiger partial charge in [0.15, 0.2) is 11.7 Å². The summed E-state index contributed by atoms with van der Waals surface area (Å²) in [5.41, 5.74) is 1.52. The largest absolute Gasteiger partial charge is 0.410 e. The maximum absolute atomic E-state index is 13.7. The molecule has 1 aromatic carbocycles. The third-order valence-corrected chi connectivity index (χ3v) is 5.34. The van der Waals surface area contributed by atoms with Crippen LogP contribution in [-0.4, -0.2) is 27.9 Å². The fourth-order valence-corrected chi connectivity index (χ4v) is 3.41. The van der Waals surface area contributed by atoms with Gasteiger partial charge in [0, 0.05) is 12.5 Å². The number of alkyl halides is 3. The van der Waals surface area contributed by atoms with Gasteiger partial charge in [-0.15, -0.1) is 0 Å². The smallest absolute Gasteiger partial charge is 0.362 e. The molecular weight excluding hydrogens is 393 g/mol. The molecule has 0 fully saturated rings. The van der Waals surface area contributed by atoms with Crippen molar-refractivity contribution in [1.82, 2.24) is 15.1 Å². The van der Waals surface area contributed by atoms with Crippen molar-refractivity contribution in [2.45, 2.75) is 57.9 Å². The number of benzene rings is 1. The molecule has 2 aromatic rings. The molecule has 1 aromatic heterocycles. The summed E-state index contributed by atoms with van der Waals surface area (Å²) in [6.45, 7) is 5.59. The lowest BCUT2D eigenvalue weighted by Gasteiger charge is -2.33. The molecule has 2 N–H and O–H groups in total. The topological polar surface area (TPSA) is 59.0 Å². The molecule has 0 spiro atoms. The number of rotatable bonds is 4. The zero-order valence-electron chi connectivity index (χ0n) is 15.8. The Hall–Kier alpha value is -2.22. The standard InChI is InChI=1S/C19H22ClF3N4O/c1-4-11(3)24-18(28)16-15(20)17-25-13(12-7-5-10(2)6-8-12)9-14(19(21,22)23)27(17)26-16/h5-8,11,13-14,25H,4,9H2,1-3H3,(H,24,28)/t11-,13-,14-/m1/s1. The third-order valence-electron chi connectivity index (χ3n) is 4.98. The third kappa shape index (κ3) is 3.97. The van der Waals surface area contributed by atoms with Crippen molar-refractivity contribution in [3.8, 4) is 0 Å². The Morgan fingerprint density at radius 2 is 2.04 bits per heavy atom. The quantitative estimate of drug-likeness (QED) is 0.737. The van der Waals surface area contributed by atoms with Gasteiger partial charge < -0.3 is 10.6 Å². The second-order valence-corrected chi connectivity index (χ2v) is 7.52. The predicted molar refractivity (Wildman–Crippen MR) is 102 cm³/mol. The Labute approximate surface area is 166 Å². The monoisotopic (exact) mass is 414 g/mol. The van der Waals surface area contributed by atoms with Gasteiger partial charge in [0.05, 0.1) is 6.04 Å². The lowest BCUT2D eigenvalue weighted by atomic mass is 9.96. The van der Waals surface area contributed by atoms with Crippen molar-refractivity contribution in [3.05, 3.63) is 46.1 Å². The lowest BCUT2D eigenvalue weighted by molar-refractivity contribution is -0.173. The van der Waals surface area contributed by atoms with Crippen LogP contribution in [0, 0.1) is 6.92 Å². The molecule has 5 nitrogen and oxygen atoms in total. The average Bonchev–Trinajstić information content (AvgIpc) is 2.97. The van der Waals surface area contributed by atoms with Crippen LogP contribution in [0.4, 0.5) is 19.0 Å². The number of aryl methyl sites for hydroxylation is 1. The number of amides is 1. The maximum atomic E-state index is 13.7. The molecule has 0 saturated carbocycles. The Bertz CT molecular complexity index is 863. The predicted octanol–water partition coefficient (Wildman–Crippen LogP) is 5.03. The van der Waals surface area contributed by atoms with Crippen molar-refractivity contribution in [2.75, 3.05) is 5.32 Å².